The number of aromatic nitrogens is 3. The Labute approximate surface area is 146 Å². The molecule has 2 amide bonds. The fourth-order valence-electron chi connectivity index (χ4n) is 3.71. The van der Waals surface area contributed by atoms with Crippen LogP contribution in [0.3, 0.4) is 0 Å². The van der Waals surface area contributed by atoms with Crippen molar-refractivity contribution in [3.63, 3.8) is 0 Å². The number of nitrogens with zero attached hydrogens (tertiary/aromatic N) is 4. The number of anilines is 1. The normalized spacial score (nSPS) is 16.5. The molecule has 0 bridgehead atoms. The van der Waals surface area contributed by atoms with Gasteiger partial charge in [-0.15, -0.1) is 10.2 Å². The number of fused-ring (bicyclic) bond motifs is 2. The van der Waals surface area contributed by atoms with Crippen LogP contribution in [0.15, 0.2) is 18.2 Å². The zero-order valence-corrected chi connectivity index (χ0v) is 14.5. The first-order valence-corrected chi connectivity index (χ1v) is 8.68. The molecule has 2 aromatic rings. The van der Waals surface area contributed by atoms with Crippen LogP contribution in [0.5, 0.6) is 0 Å². The Hall–Kier alpha value is -2.70. The van der Waals surface area contributed by atoms with E-state index in [1.807, 2.05) is 19.1 Å². The van der Waals surface area contributed by atoms with Crippen LogP contribution in [0.25, 0.3) is 0 Å². The number of hydrogen-bond acceptors (Lipinski definition) is 4. The Morgan fingerprint density at radius 2 is 2.04 bits per heavy atom. The number of hydrogen-bond donors (Lipinski definition) is 1. The first-order chi connectivity index (χ1) is 12.0. The van der Waals surface area contributed by atoms with Gasteiger partial charge in [-0.3, -0.25) is 9.59 Å². The standard InChI is InChI=1S/C18H21N5O2/c1-11(17-21-20-16-4-3-8-23(16)17)19-18(25)14-5-6-15-13(10-14)7-9-22(15)12(2)24/h5-6,10-11H,3-4,7-9H2,1-2H3,(H,19,25)/t11-/m0/s1. The van der Waals surface area contributed by atoms with E-state index in [9.17, 15) is 9.59 Å². The largest absolute Gasteiger partial charge is 0.342 e. The predicted molar refractivity (Wildman–Crippen MR) is 92.4 cm³/mol. The zero-order chi connectivity index (χ0) is 17.6. The lowest BCUT2D eigenvalue weighted by Gasteiger charge is -2.16. The van der Waals surface area contributed by atoms with Gasteiger partial charge in [0.2, 0.25) is 5.91 Å². The van der Waals surface area contributed by atoms with Gasteiger partial charge in [0.15, 0.2) is 5.82 Å². The fourth-order valence-corrected chi connectivity index (χ4v) is 3.71. The second-order valence-corrected chi connectivity index (χ2v) is 6.69. The van der Waals surface area contributed by atoms with Gasteiger partial charge in [0.25, 0.3) is 5.91 Å². The van der Waals surface area contributed by atoms with Crippen molar-refractivity contribution in [3.8, 4) is 0 Å². The van der Waals surface area contributed by atoms with Crippen LogP contribution in [0, 0.1) is 0 Å². The van der Waals surface area contributed by atoms with Crippen molar-refractivity contribution >= 4 is 17.5 Å². The van der Waals surface area contributed by atoms with Crippen LogP contribution >= 0.6 is 0 Å². The molecule has 1 atom stereocenters. The summed E-state index contributed by atoms with van der Waals surface area (Å²) in [4.78, 5) is 26.0. The van der Waals surface area contributed by atoms with Crippen LogP contribution in [0.4, 0.5) is 5.69 Å². The highest BCUT2D eigenvalue weighted by Gasteiger charge is 2.25. The molecule has 0 unspecified atom stereocenters. The smallest absolute Gasteiger partial charge is 0.251 e. The van der Waals surface area contributed by atoms with Crippen molar-refractivity contribution in [2.75, 3.05) is 11.4 Å². The topological polar surface area (TPSA) is 80.1 Å². The lowest BCUT2D eigenvalue weighted by molar-refractivity contribution is -0.116. The van der Waals surface area contributed by atoms with Crippen molar-refractivity contribution in [1.82, 2.24) is 20.1 Å². The molecule has 2 aliphatic heterocycles. The summed E-state index contributed by atoms with van der Waals surface area (Å²) >= 11 is 0. The number of aryl methyl sites for hydroxylation is 1. The van der Waals surface area contributed by atoms with Crippen molar-refractivity contribution in [1.29, 1.82) is 0 Å². The number of carbonyl (C=O) groups excluding carboxylic acids is 2. The molecule has 0 aliphatic carbocycles. The molecule has 7 heteroatoms. The summed E-state index contributed by atoms with van der Waals surface area (Å²) in [7, 11) is 0. The van der Waals surface area contributed by atoms with Gasteiger partial charge in [-0.1, -0.05) is 0 Å². The van der Waals surface area contributed by atoms with Crippen LogP contribution in [-0.4, -0.2) is 33.1 Å². The summed E-state index contributed by atoms with van der Waals surface area (Å²) in [5.41, 5.74) is 2.56. The van der Waals surface area contributed by atoms with Crippen LogP contribution in [0.2, 0.25) is 0 Å². The van der Waals surface area contributed by atoms with E-state index in [1.165, 1.54) is 0 Å². The number of rotatable bonds is 3. The van der Waals surface area contributed by atoms with Gasteiger partial charge in [0.1, 0.15) is 5.82 Å². The quantitative estimate of drug-likeness (QED) is 0.921. The summed E-state index contributed by atoms with van der Waals surface area (Å²) in [6.45, 7) is 5.09. The highest BCUT2D eigenvalue weighted by atomic mass is 16.2. The Morgan fingerprint density at radius 1 is 1.20 bits per heavy atom. The van der Waals surface area contributed by atoms with Crippen molar-refractivity contribution in [2.45, 2.75) is 45.7 Å². The van der Waals surface area contributed by atoms with Crippen LogP contribution in [0.1, 0.15) is 53.9 Å². The van der Waals surface area contributed by atoms with Crippen molar-refractivity contribution in [2.24, 2.45) is 0 Å². The number of amides is 2. The first-order valence-electron chi connectivity index (χ1n) is 8.68. The molecule has 1 aromatic carbocycles. The minimum atomic E-state index is -0.200. The molecular formula is C18H21N5O2. The SMILES string of the molecule is CC(=O)N1CCc2cc(C(=O)N[C@@H](C)c3nnc4n3CCC4)ccc21. The van der Waals surface area contributed by atoms with E-state index in [2.05, 4.69) is 20.1 Å². The maximum absolute atomic E-state index is 12.6. The Morgan fingerprint density at radius 3 is 2.84 bits per heavy atom. The van der Waals surface area contributed by atoms with Gasteiger partial charge in [0, 0.05) is 37.7 Å². The lowest BCUT2D eigenvalue weighted by Crippen LogP contribution is -2.29. The predicted octanol–water partition coefficient (Wildman–Crippen LogP) is 1.62. The van der Waals surface area contributed by atoms with E-state index in [0.29, 0.717) is 12.1 Å². The molecule has 7 nitrogen and oxygen atoms in total. The van der Waals surface area contributed by atoms with Crippen LogP contribution in [-0.2, 0) is 24.2 Å². The van der Waals surface area contributed by atoms with E-state index < -0.39 is 0 Å². The van der Waals surface area contributed by atoms with Crippen molar-refractivity contribution in [3.05, 3.63) is 41.0 Å². The minimum absolute atomic E-state index is 0.0326. The van der Waals surface area contributed by atoms with Crippen LogP contribution < -0.4 is 10.2 Å². The monoisotopic (exact) mass is 339 g/mol. The minimum Gasteiger partial charge on any atom is -0.342 e. The zero-order valence-electron chi connectivity index (χ0n) is 14.5. The van der Waals surface area contributed by atoms with E-state index in [0.717, 1.165) is 48.7 Å². The third-order valence-corrected chi connectivity index (χ3v) is 4.99. The average molecular weight is 339 g/mol. The summed E-state index contributed by atoms with van der Waals surface area (Å²) < 4.78 is 2.10. The molecule has 3 heterocycles. The highest BCUT2D eigenvalue weighted by molar-refractivity contribution is 5.98. The molecule has 4 rings (SSSR count). The van der Waals surface area contributed by atoms with Gasteiger partial charge in [0.05, 0.1) is 6.04 Å². The summed E-state index contributed by atoms with van der Waals surface area (Å²) in [5.74, 6) is 1.71. The summed E-state index contributed by atoms with van der Waals surface area (Å²) in [6.07, 6.45) is 2.81. The third kappa shape index (κ3) is 2.69. The van der Waals surface area contributed by atoms with E-state index in [-0.39, 0.29) is 17.9 Å². The molecule has 0 spiro atoms. The first kappa shape index (κ1) is 15.8. The molecule has 1 aromatic heterocycles. The number of carbonyl (C=O) groups is 2. The van der Waals surface area contributed by atoms with Gasteiger partial charge in [-0.25, -0.2) is 0 Å². The molecular weight excluding hydrogens is 318 g/mol. The average Bonchev–Trinajstić information content (AvgIpc) is 3.28. The maximum Gasteiger partial charge on any atom is 0.251 e. The number of benzene rings is 1. The molecule has 25 heavy (non-hydrogen) atoms. The maximum atomic E-state index is 12.6. The van der Waals surface area contributed by atoms with E-state index in [4.69, 9.17) is 0 Å². The second-order valence-electron chi connectivity index (χ2n) is 6.69. The molecule has 130 valence electrons. The van der Waals surface area contributed by atoms with E-state index in [1.54, 1.807) is 17.9 Å². The Bertz CT molecular complexity index is 857. The van der Waals surface area contributed by atoms with Gasteiger partial charge < -0.3 is 14.8 Å². The molecule has 2 aliphatic rings. The van der Waals surface area contributed by atoms with Gasteiger partial charge >= 0.3 is 0 Å². The molecule has 0 radical (unpaired) electrons. The van der Waals surface area contributed by atoms with Gasteiger partial charge in [-0.05, 0) is 43.5 Å². The molecule has 1 N–H and O–H groups in total. The lowest BCUT2D eigenvalue weighted by atomic mass is 10.1. The second kappa shape index (κ2) is 5.98. The number of nitrogens with one attached hydrogen (secondary N) is 1. The summed E-state index contributed by atoms with van der Waals surface area (Å²) in [5, 5.41) is 11.4. The van der Waals surface area contributed by atoms with Crippen molar-refractivity contribution < 1.29 is 9.59 Å². The van der Waals surface area contributed by atoms with Gasteiger partial charge in [-0.2, -0.15) is 0 Å². The Kier molecular flexibility index (Phi) is 3.78. The highest BCUT2D eigenvalue weighted by Crippen LogP contribution is 2.29. The molecule has 0 fully saturated rings. The van der Waals surface area contributed by atoms with E-state index >= 15 is 0 Å². The third-order valence-electron chi connectivity index (χ3n) is 4.99. The Balaban J connectivity index is 1.51. The molecule has 0 saturated carbocycles. The molecule has 0 saturated heterocycles. The summed E-state index contributed by atoms with van der Waals surface area (Å²) in [6, 6.07) is 5.32. The fraction of sp³-hybridized carbons (Fsp3) is 0.444.